The van der Waals surface area contributed by atoms with Gasteiger partial charge in [0.2, 0.25) is 23.8 Å². The predicted octanol–water partition coefficient (Wildman–Crippen LogP) is 5.17. The summed E-state index contributed by atoms with van der Waals surface area (Å²) in [5.41, 5.74) is 4.35. The van der Waals surface area contributed by atoms with Crippen LogP contribution in [0.4, 0.5) is 33.9 Å². The lowest BCUT2D eigenvalue weighted by Crippen LogP contribution is -2.31. The molecule has 0 atom stereocenters. The van der Waals surface area contributed by atoms with E-state index in [2.05, 4.69) is 55.5 Å². The van der Waals surface area contributed by atoms with E-state index < -0.39 is 0 Å². The summed E-state index contributed by atoms with van der Waals surface area (Å²) < 4.78 is 24.7. The smallest absolute Gasteiger partial charge is 0.330 e. The highest BCUT2D eigenvalue weighted by atomic mass is 19.1. The molecule has 0 saturated carbocycles. The molecule has 2 aliphatic rings. The van der Waals surface area contributed by atoms with Crippen molar-refractivity contribution in [2.75, 3.05) is 53.8 Å². The first kappa shape index (κ1) is 29.0. The third-order valence-electron chi connectivity index (χ3n) is 7.21. The Bertz CT molecular complexity index is 1580. The third-order valence-corrected chi connectivity index (χ3v) is 7.21. The zero-order valence-corrected chi connectivity index (χ0v) is 24.5. The molecule has 14 heteroatoms. The fourth-order valence-electron chi connectivity index (χ4n) is 5.00. The lowest BCUT2D eigenvalue weighted by molar-refractivity contribution is 0.358. The molecule has 2 saturated heterocycles. The molecule has 0 spiro atoms. The molecule has 228 valence electrons. The van der Waals surface area contributed by atoms with Gasteiger partial charge in [0.15, 0.2) is 0 Å². The van der Waals surface area contributed by atoms with Gasteiger partial charge in [0.05, 0.1) is 13.3 Å². The van der Waals surface area contributed by atoms with Gasteiger partial charge in [0.1, 0.15) is 11.6 Å². The van der Waals surface area contributed by atoms with E-state index >= 15 is 0 Å². The molecule has 0 radical (unpaired) electrons. The van der Waals surface area contributed by atoms with Crippen LogP contribution in [0.15, 0.2) is 53.6 Å². The van der Waals surface area contributed by atoms with Crippen molar-refractivity contribution in [3.05, 3.63) is 59.9 Å². The van der Waals surface area contributed by atoms with Crippen LogP contribution >= 0.6 is 0 Å². The second-order valence-electron chi connectivity index (χ2n) is 10.5. The van der Waals surface area contributed by atoms with Crippen LogP contribution < -0.4 is 30.0 Å². The number of methoxy groups -OCH3 is 1. The van der Waals surface area contributed by atoms with Gasteiger partial charge >= 0.3 is 12.0 Å². The number of hydrogen-bond acceptors (Lipinski definition) is 13. The van der Waals surface area contributed by atoms with Gasteiger partial charge in [0.25, 0.3) is 0 Å². The summed E-state index contributed by atoms with van der Waals surface area (Å²) in [5.74, 6) is 1.91. The lowest BCUT2D eigenvalue weighted by atomic mass is 10.1. The van der Waals surface area contributed by atoms with Gasteiger partial charge in [-0.2, -0.15) is 30.0 Å². The quantitative estimate of drug-likeness (QED) is 0.184. The molecule has 2 N–H and O–H groups in total. The Labute approximate surface area is 254 Å². The average molecular weight is 600 g/mol. The molecule has 4 aromatic rings. The molecule has 2 aliphatic heterocycles. The Morgan fingerprint density at radius 1 is 0.750 bits per heavy atom. The highest BCUT2D eigenvalue weighted by Gasteiger charge is 2.18. The molecular weight excluding hydrogens is 565 g/mol. The van der Waals surface area contributed by atoms with Crippen molar-refractivity contribution in [2.45, 2.75) is 38.5 Å². The van der Waals surface area contributed by atoms with E-state index in [1.807, 2.05) is 24.3 Å². The minimum absolute atomic E-state index is 0.154. The van der Waals surface area contributed by atoms with Crippen molar-refractivity contribution in [3.63, 3.8) is 0 Å². The predicted molar refractivity (Wildman–Crippen MR) is 166 cm³/mol. The first-order valence-electron chi connectivity index (χ1n) is 14.8. The highest BCUT2D eigenvalue weighted by molar-refractivity contribution is 5.80. The number of hydrogen-bond donors (Lipinski definition) is 2. The number of aromatic nitrogens is 6. The maximum Gasteiger partial charge on any atom is 0.330 e. The van der Waals surface area contributed by atoms with Crippen molar-refractivity contribution in [2.24, 2.45) is 5.10 Å². The van der Waals surface area contributed by atoms with E-state index in [0.717, 1.165) is 57.4 Å². The van der Waals surface area contributed by atoms with Crippen LogP contribution in [-0.4, -0.2) is 69.4 Å². The van der Waals surface area contributed by atoms with Gasteiger partial charge in [-0.1, -0.05) is 12.1 Å². The van der Waals surface area contributed by atoms with E-state index in [0.29, 0.717) is 29.3 Å². The number of benzene rings is 2. The van der Waals surface area contributed by atoms with Crippen LogP contribution in [0.1, 0.15) is 44.1 Å². The average Bonchev–Trinajstić information content (AvgIpc) is 3.06. The van der Waals surface area contributed by atoms with Crippen molar-refractivity contribution >= 4 is 35.7 Å². The van der Waals surface area contributed by atoms with Crippen LogP contribution in [0, 0.1) is 5.82 Å². The second kappa shape index (κ2) is 13.9. The standard InChI is InChI=1S/C30H34FN11O2/c1-43-29-37-28(42-17-6-3-7-18-42)38-30(39-29)44-24-10-8-9-21(19-24)20-32-40-26-34-25(33-23-13-11-22(31)12-14-23)35-27(36-26)41-15-4-2-5-16-41/h8-14,19-20H,2-7,15-18H2,1H3,(H2,33,34,35,36,40)/b32-20-. The molecule has 0 bridgehead atoms. The molecule has 2 aromatic carbocycles. The van der Waals surface area contributed by atoms with E-state index in [1.165, 1.54) is 32.1 Å². The summed E-state index contributed by atoms with van der Waals surface area (Å²) in [6.45, 7) is 3.50. The summed E-state index contributed by atoms with van der Waals surface area (Å²) in [7, 11) is 1.52. The summed E-state index contributed by atoms with van der Waals surface area (Å²) in [5, 5.41) is 7.49. The number of hydrazone groups is 1. The van der Waals surface area contributed by atoms with E-state index in [4.69, 9.17) is 9.47 Å². The van der Waals surface area contributed by atoms with Crippen LogP contribution in [0.25, 0.3) is 0 Å². The molecular formula is C30H34FN11O2. The van der Waals surface area contributed by atoms with Gasteiger partial charge in [-0.3, -0.25) is 0 Å². The molecule has 0 unspecified atom stereocenters. The van der Waals surface area contributed by atoms with Crippen LogP contribution in [-0.2, 0) is 0 Å². The van der Waals surface area contributed by atoms with Crippen LogP contribution in [0.2, 0.25) is 0 Å². The maximum absolute atomic E-state index is 13.4. The van der Waals surface area contributed by atoms with E-state index in [9.17, 15) is 4.39 Å². The largest absolute Gasteiger partial charge is 0.467 e. The summed E-state index contributed by atoms with van der Waals surface area (Å²) in [4.78, 5) is 31.1. The Hall–Kier alpha value is -5.14. The van der Waals surface area contributed by atoms with Crippen molar-refractivity contribution in [1.29, 1.82) is 0 Å². The maximum atomic E-state index is 13.4. The third kappa shape index (κ3) is 7.62. The first-order chi connectivity index (χ1) is 21.6. The summed E-state index contributed by atoms with van der Waals surface area (Å²) >= 11 is 0. The molecule has 13 nitrogen and oxygen atoms in total. The fourth-order valence-corrected chi connectivity index (χ4v) is 5.00. The normalized spacial score (nSPS) is 15.3. The summed E-state index contributed by atoms with van der Waals surface area (Å²) in [6, 6.07) is 13.7. The first-order valence-corrected chi connectivity index (χ1v) is 14.8. The minimum Gasteiger partial charge on any atom is -0.467 e. The SMILES string of the molecule is COc1nc(Oc2cccc(/C=N\Nc3nc(Nc4ccc(F)cc4)nc(N4CCCCC4)n3)c2)nc(N2CCCCC2)n1. The number of nitrogens with zero attached hydrogens (tertiary/aromatic N) is 9. The highest BCUT2D eigenvalue weighted by Crippen LogP contribution is 2.25. The number of piperidine rings is 2. The summed E-state index contributed by atoms with van der Waals surface area (Å²) in [6.07, 6.45) is 8.35. The zero-order valence-electron chi connectivity index (χ0n) is 24.5. The molecule has 6 rings (SSSR count). The lowest BCUT2D eigenvalue weighted by Gasteiger charge is -2.26. The van der Waals surface area contributed by atoms with Gasteiger partial charge in [-0.05, 0) is 80.5 Å². The number of anilines is 5. The number of rotatable bonds is 10. The number of halogens is 1. The van der Waals surface area contributed by atoms with Crippen molar-refractivity contribution < 1.29 is 13.9 Å². The second-order valence-corrected chi connectivity index (χ2v) is 10.5. The van der Waals surface area contributed by atoms with Crippen LogP contribution in [0.5, 0.6) is 17.8 Å². The van der Waals surface area contributed by atoms with Crippen LogP contribution in [0.3, 0.4) is 0 Å². The Kier molecular flexibility index (Phi) is 9.14. The Balaban J connectivity index is 1.17. The molecule has 2 fully saturated rings. The zero-order chi connectivity index (χ0) is 30.1. The molecule has 0 amide bonds. The Morgan fingerprint density at radius 2 is 1.41 bits per heavy atom. The fraction of sp³-hybridized carbons (Fsp3) is 0.367. The monoisotopic (exact) mass is 599 g/mol. The number of nitrogens with one attached hydrogen (secondary N) is 2. The van der Waals surface area contributed by atoms with Crippen molar-refractivity contribution in [1.82, 2.24) is 29.9 Å². The molecule has 4 heterocycles. The van der Waals surface area contributed by atoms with E-state index in [1.54, 1.807) is 18.3 Å². The van der Waals surface area contributed by atoms with Gasteiger partial charge in [0, 0.05) is 31.9 Å². The number of ether oxygens (including phenoxy) is 2. The molecule has 44 heavy (non-hydrogen) atoms. The Morgan fingerprint density at radius 3 is 2.11 bits per heavy atom. The van der Waals surface area contributed by atoms with Crippen molar-refractivity contribution in [3.8, 4) is 17.8 Å². The molecule has 2 aromatic heterocycles. The van der Waals surface area contributed by atoms with Gasteiger partial charge < -0.3 is 24.6 Å². The van der Waals surface area contributed by atoms with E-state index in [-0.39, 0.29) is 23.8 Å². The van der Waals surface area contributed by atoms with Gasteiger partial charge in [-0.15, -0.1) is 4.98 Å². The molecule has 0 aliphatic carbocycles. The topological polar surface area (TPSA) is 139 Å². The van der Waals surface area contributed by atoms with Gasteiger partial charge in [-0.25, -0.2) is 9.82 Å². The minimum atomic E-state index is -0.318.